The van der Waals surface area contributed by atoms with Crippen molar-refractivity contribution >= 4 is 34.6 Å². The molecule has 160 valence electrons. The summed E-state index contributed by atoms with van der Waals surface area (Å²) in [5.74, 6) is -0.705. The van der Waals surface area contributed by atoms with Crippen LogP contribution in [-0.2, 0) is 9.59 Å². The molecule has 2 amide bonds. The Balaban J connectivity index is 1.94. The molecule has 2 rings (SSSR count). The van der Waals surface area contributed by atoms with E-state index >= 15 is 0 Å². The molecule has 0 unspecified atom stereocenters. The number of aliphatic hydroxyl groups is 1. The fourth-order valence-electron chi connectivity index (χ4n) is 2.58. The molecule has 0 saturated carbocycles. The van der Waals surface area contributed by atoms with E-state index in [4.69, 9.17) is 5.11 Å². The van der Waals surface area contributed by atoms with Crippen LogP contribution in [0.15, 0.2) is 42.5 Å². The number of amides is 2. The lowest BCUT2D eigenvalue weighted by atomic mass is 10.2. The van der Waals surface area contributed by atoms with E-state index in [1.54, 1.807) is 12.1 Å². The Morgan fingerprint density at radius 1 is 1.10 bits per heavy atom. The molecule has 0 heterocycles. The van der Waals surface area contributed by atoms with E-state index in [0.29, 0.717) is 17.1 Å². The number of benzene rings is 2. The van der Waals surface area contributed by atoms with Crippen molar-refractivity contribution in [1.29, 1.82) is 0 Å². The van der Waals surface area contributed by atoms with Crippen molar-refractivity contribution in [3.63, 3.8) is 0 Å². The molecule has 0 radical (unpaired) electrons. The summed E-state index contributed by atoms with van der Waals surface area (Å²) in [5, 5.41) is 28.5. The van der Waals surface area contributed by atoms with Gasteiger partial charge in [0.05, 0.1) is 36.0 Å². The summed E-state index contributed by atoms with van der Waals surface area (Å²) in [5.41, 5.74) is 2.44. The Bertz CT molecular complexity index is 901. The van der Waals surface area contributed by atoms with Gasteiger partial charge in [-0.15, -0.1) is 0 Å². The van der Waals surface area contributed by atoms with Crippen LogP contribution in [0.2, 0.25) is 0 Å². The Morgan fingerprint density at radius 2 is 1.80 bits per heavy atom. The quantitative estimate of drug-likeness (QED) is 0.343. The lowest BCUT2D eigenvalue weighted by Gasteiger charge is -2.18. The lowest BCUT2D eigenvalue weighted by molar-refractivity contribution is -0.384. The third-order valence-electron chi connectivity index (χ3n) is 4.21. The number of aliphatic hydroxyl groups excluding tert-OH is 1. The number of nitrogens with zero attached hydrogens (tertiary/aromatic N) is 2. The fourth-order valence-corrected chi connectivity index (χ4v) is 2.58. The van der Waals surface area contributed by atoms with E-state index in [9.17, 15) is 19.7 Å². The minimum absolute atomic E-state index is 0.117. The number of likely N-dealkylation sites (N-methyl/N-ethyl adjacent to an activating group) is 1. The second-order valence-electron chi connectivity index (χ2n) is 6.65. The number of hydrogen-bond donors (Lipinski definition) is 4. The van der Waals surface area contributed by atoms with Crippen molar-refractivity contribution in [1.82, 2.24) is 4.90 Å². The number of carbonyl (C=O) groups is 2. The molecule has 0 aliphatic rings. The summed E-state index contributed by atoms with van der Waals surface area (Å²) in [6.07, 6.45) is 0. The number of aryl methyl sites for hydroxylation is 1. The molecule has 2 aromatic carbocycles. The molecular weight excluding hydrogens is 390 g/mol. The van der Waals surface area contributed by atoms with Crippen molar-refractivity contribution in [3.05, 3.63) is 58.1 Å². The van der Waals surface area contributed by atoms with Crippen LogP contribution in [0.4, 0.5) is 22.7 Å². The molecule has 0 aliphatic heterocycles. The Hall–Kier alpha value is -3.66. The number of rotatable bonds is 10. The summed E-state index contributed by atoms with van der Waals surface area (Å²) >= 11 is 0. The third-order valence-corrected chi connectivity index (χ3v) is 4.21. The fraction of sp³-hybridized carbons (Fsp3) is 0.300. The van der Waals surface area contributed by atoms with Gasteiger partial charge in [-0.3, -0.25) is 19.7 Å². The van der Waals surface area contributed by atoms with Gasteiger partial charge in [0.15, 0.2) is 0 Å². The summed E-state index contributed by atoms with van der Waals surface area (Å²) in [6, 6.07) is 11.4. The van der Waals surface area contributed by atoms with E-state index < -0.39 is 4.92 Å². The van der Waals surface area contributed by atoms with E-state index in [1.807, 2.05) is 19.1 Å². The average molecular weight is 415 g/mol. The first kappa shape index (κ1) is 22.6. The number of hydrogen-bond acceptors (Lipinski definition) is 7. The molecule has 10 nitrogen and oxygen atoms in total. The van der Waals surface area contributed by atoms with Crippen LogP contribution < -0.4 is 16.0 Å². The van der Waals surface area contributed by atoms with Crippen LogP contribution >= 0.6 is 0 Å². The lowest BCUT2D eigenvalue weighted by Crippen LogP contribution is -2.38. The van der Waals surface area contributed by atoms with Gasteiger partial charge in [0.1, 0.15) is 0 Å². The highest BCUT2D eigenvalue weighted by Gasteiger charge is 2.15. The highest BCUT2D eigenvalue weighted by atomic mass is 16.6. The monoisotopic (exact) mass is 415 g/mol. The van der Waals surface area contributed by atoms with E-state index in [-0.39, 0.29) is 43.7 Å². The Kier molecular flexibility index (Phi) is 8.12. The number of nitro groups is 1. The SMILES string of the molecule is Cc1ccc(NC(=O)CN(C)C(=O)CNc2cc([N+](=O)[O-])ccc2NCCO)cc1. The summed E-state index contributed by atoms with van der Waals surface area (Å²) in [7, 11) is 1.50. The number of nitro benzene ring substituents is 1. The molecule has 4 N–H and O–H groups in total. The zero-order chi connectivity index (χ0) is 22.1. The van der Waals surface area contributed by atoms with Gasteiger partial charge < -0.3 is 26.0 Å². The number of nitrogens with one attached hydrogen (secondary N) is 3. The molecule has 0 fully saturated rings. The minimum Gasteiger partial charge on any atom is -0.395 e. The Labute approximate surface area is 174 Å². The molecular formula is C20H25N5O5. The van der Waals surface area contributed by atoms with Gasteiger partial charge in [0.25, 0.3) is 5.69 Å². The van der Waals surface area contributed by atoms with Gasteiger partial charge in [-0.1, -0.05) is 17.7 Å². The standard InChI is InChI=1S/C20H25N5O5/c1-14-3-5-15(6-4-14)23-19(27)13-24(2)20(28)12-22-18-11-16(25(29)30)7-8-17(18)21-9-10-26/h3-8,11,21-22,26H,9-10,12-13H2,1-2H3,(H,23,27). The van der Waals surface area contributed by atoms with Crippen molar-refractivity contribution in [2.45, 2.75) is 6.92 Å². The van der Waals surface area contributed by atoms with Crippen molar-refractivity contribution in [3.8, 4) is 0 Å². The minimum atomic E-state index is -0.537. The number of non-ortho nitro benzene ring substituents is 1. The second-order valence-corrected chi connectivity index (χ2v) is 6.65. The molecule has 0 aliphatic carbocycles. The maximum atomic E-state index is 12.4. The van der Waals surface area contributed by atoms with Crippen LogP contribution in [0.25, 0.3) is 0 Å². The normalized spacial score (nSPS) is 10.2. The topological polar surface area (TPSA) is 137 Å². The molecule has 0 aromatic heterocycles. The molecule has 0 saturated heterocycles. The number of carbonyl (C=O) groups excluding carboxylic acids is 2. The average Bonchev–Trinajstić information content (AvgIpc) is 2.72. The van der Waals surface area contributed by atoms with Gasteiger partial charge in [-0.25, -0.2) is 0 Å². The zero-order valence-corrected chi connectivity index (χ0v) is 16.8. The van der Waals surface area contributed by atoms with Gasteiger partial charge in [-0.05, 0) is 25.1 Å². The van der Waals surface area contributed by atoms with Crippen LogP contribution in [0, 0.1) is 17.0 Å². The molecule has 10 heteroatoms. The molecule has 0 bridgehead atoms. The first-order chi connectivity index (χ1) is 14.3. The predicted octanol–water partition coefficient (Wildman–Crippen LogP) is 1.82. The first-order valence-electron chi connectivity index (χ1n) is 9.27. The molecule has 0 spiro atoms. The predicted molar refractivity (Wildman–Crippen MR) is 115 cm³/mol. The van der Waals surface area contributed by atoms with Gasteiger partial charge >= 0.3 is 0 Å². The zero-order valence-electron chi connectivity index (χ0n) is 16.8. The highest BCUT2D eigenvalue weighted by molar-refractivity contribution is 5.95. The Morgan fingerprint density at radius 3 is 2.43 bits per heavy atom. The van der Waals surface area contributed by atoms with Crippen LogP contribution in [-0.4, -0.2) is 60.0 Å². The van der Waals surface area contributed by atoms with Crippen molar-refractivity contribution in [2.24, 2.45) is 0 Å². The summed E-state index contributed by atoms with van der Waals surface area (Å²) in [4.78, 5) is 36.3. The maximum absolute atomic E-state index is 12.4. The van der Waals surface area contributed by atoms with E-state index in [0.717, 1.165) is 5.56 Å². The van der Waals surface area contributed by atoms with E-state index in [2.05, 4.69) is 16.0 Å². The van der Waals surface area contributed by atoms with Gasteiger partial charge in [0.2, 0.25) is 11.8 Å². The van der Waals surface area contributed by atoms with Crippen LogP contribution in [0.5, 0.6) is 0 Å². The number of anilines is 3. The van der Waals surface area contributed by atoms with Gasteiger partial charge in [-0.2, -0.15) is 0 Å². The smallest absolute Gasteiger partial charge is 0.271 e. The summed E-state index contributed by atoms with van der Waals surface area (Å²) < 4.78 is 0. The third kappa shape index (κ3) is 6.74. The highest BCUT2D eigenvalue weighted by Crippen LogP contribution is 2.26. The first-order valence-corrected chi connectivity index (χ1v) is 9.27. The van der Waals surface area contributed by atoms with Crippen molar-refractivity contribution in [2.75, 3.05) is 49.2 Å². The second kappa shape index (κ2) is 10.8. The van der Waals surface area contributed by atoms with E-state index in [1.165, 1.54) is 30.1 Å². The van der Waals surface area contributed by atoms with Crippen LogP contribution in [0.3, 0.4) is 0 Å². The maximum Gasteiger partial charge on any atom is 0.271 e. The largest absolute Gasteiger partial charge is 0.395 e. The summed E-state index contributed by atoms with van der Waals surface area (Å²) in [6.45, 7) is 1.77. The van der Waals surface area contributed by atoms with Gasteiger partial charge in [0, 0.05) is 31.4 Å². The van der Waals surface area contributed by atoms with Crippen LogP contribution in [0.1, 0.15) is 5.56 Å². The molecule has 30 heavy (non-hydrogen) atoms. The molecule has 0 atom stereocenters. The van der Waals surface area contributed by atoms with Crippen molar-refractivity contribution < 1.29 is 19.6 Å². The molecule has 2 aromatic rings.